The number of nitrogen functional groups attached to an aromatic ring is 1. The molecule has 19 heavy (non-hydrogen) atoms. The van der Waals surface area contributed by atoms with Crippen LogP contribution in [0.3, 0.4) is 0 Å². The molecule has 2 amide bonds. The van der Waals surface area contributed by atoms with Gasteiger partial charge in [-0.2, -0.15) is 0 Å². The third-order valence-electron chi connectivity index (χ3n) is 2.58. The smallest absolute Gasteiger partial charge is 0.251 e. The third-order valence-corrected chi connectivity index (χ3v) is 2.58. The van der Waals surface area contributed by atoms with Crippen molar-refractivity contribution in [2.24, 2.45) is 0 Å². The summed E-state index contributed by atoms with van der Waals surface area (Å²) in [6.45, 7) is 2.65. The van der Waals surface area contributed by atoms with E-state index in [4.69, 9.17) is 10.5 Å². The van der Waals surface area contributed by atoms with Crippen molar-refractivity contribution in [2.45, 2.75) is 6.92 Å². The summed E-state index contributed by atoms with van der Waals surface area (Å²) in [5.74, 6) is -0.584. The van der Waals surface area contributed by atoms with Gasteiger partial charge in [0.2, 0.25) is 5.91 Å². The maximum Gasteiger partial charge on any atom is 0.251 e. The Morgan fingerprint density at radius 2 is 2.05 bits per heavy atom. The van der Waals surface area contributed by atoms with E-state index in [9.17, 15) is 9.59 Å². The predicted octanol–water partition coefficient (Wildman–Crippen LogP) is 0.0696. The molecule has 0 aliphatic rings. The Kier molecular flexibility index (Phi) is 5.81. The molecule has 0 aliphatic heterocycles. The van der Waals surface area contributed by atoms with E-state index < -0.39 is 0 Å². The average molecular weight is 265 g/mol. The van der Waals surface area contributed by atoms with Crippen molar-refractivity contribution in [1.29, 1.82) is 0 Å². The second kappa shape index (κ2) is 7.38. The van der Waals surface area contributed by atoms with E-state index in [1.807, 2.05) is 6.92 Å². The van der Waals surface area contributed by atoms with Crippen LogP contribution in [0.4, 0.5) is 5.69 Å². The lowest BCUT2D eigenvalue weighted by atomic mass is 10.1. The number of benzene rings is 1. The Morgan fingerprint density at radius 3 is 2.68 bits per heavy atom. The largest absolute Gasteiger partial charge is 0.398 e. The van der Waals surface area contributed by atoms with Gasteiger partial charge in [0.15, 0.2) is 0 Å². The topological polar surface area (TPSA) is 93.5 Å². The molecule has 6 nitrogen and oxygen atoms in total. The van der Waals surface area contributed by atoms with Gasteiger partial charge in [0.25, 0.3) is 5.91 Å². The first kappa shape index (κ1) is 15.0. The Labute approximate surface area is 112 Å². The van der Waals surface area contributed by atoms with Crippen LogP contribution in [0.2, 0.25) is 0 Å². The number of carbonyl (C=O) groups excluding carboxylic acids is 2. The highest BCUT2D eigenvalue weighted by Crippen LogP contribution is 2.12. The minimum absolute atomic E-state index is 0.0731. The Bertz CT molecular complexity index is 460. The summed E-state index contributed by atoms with van der Waals surface area (Å²) >= 11 is 0. The third kappa shape index (κ3) is 4.97. The summed E-state index contributed by atoms with van der Waals surface area (Å²) in [4.78, 5) is 23.1. The summed E-state index contributed by atoms with van der Waals surface area (Å²) in [6, 6.07) is 5.03. The van der Waals surface area contributed by atoms with E-state index >= 15 is 0 Å². The molecule has 0 radical (unpaired) electrons. The van der Waals surface area contributed by atoms with Crippen LogP contribution in [-0.2, 0) is 9.53 Å². The van der Waals surface area contributed by atoms with Crippen molar-refractivity contribution in [3.63, 3.8) is 0 Å². The number of nitrogens with one attached hydrogen (secondary N) is 2. The normalized spacial score (nSPS) is 10.0. The summed E-state index contributed by atoms with van der Waals surface area (Å²) in [5, 5.41) is 5.13. The molecule has 0 unspecified atom stereocenters. The van der Waals surface area contributed by atoms with Gasteiger partial charge in [0.05, 0.1) is 13.2 Å². The number of nitrogens with two attached hydrogens (primary N) is 1. The van der Waals surface area contributed by atoms with Gasteiger partial charge in [-0.3, -0.25) is 9.59 Å². The number of ether oxygens (including phenoxy) is 1. The molecule has 0 heterocycles. The number of amides is 2. The zero-order chi connectivity index (χ0) is 14.3. The highest BCUT2D eigenvalue weighted by Gasteiger charge is 2.08. The number of methoxy groups -OCH3 is 1. The molecule has 0 saturated carbocycles. The Balaban J connectivity index is 2.42. The summed E-state index contributed by atoms with van der Waals surface area (Å²) in [5.41, 5.74) is 7.62. The van der Waals surface area contributed by atoms with E-state index in [-0.39, 0.29) is 18.4 Å². The number of aryl methyl sites for hydroxylation is 1. The van der Waals surface area contributed by atoms with Crippen LogP contribution in [-0.4, -0.2) is 38.6 Å². The van der Waals surface area contributed by atoms with Crippen LogP contribution in [0, 0.1) is 6.92 Å². The SMILES string of the molecule is COCCNC(=O)CNC(=O)c1ccc(C)c(N)c1. The fraction of sp³-hybridized carbons (Fsp3) is 0.385. The van der Waals surface area contributed by atoms with Crippen LogP contribution in [0.25, 0.3) is 0 Å². The molecule has 0 spiro atoms. The molecule has 0 aromatic heterocycles. The van der Waals surface area contributed by atoms with E-state index in [1.54, 1.807) is 25.3 Å². The fourth-order valence-electron chi connectivity index (χ4n) is 1.40. The first-order valence-corrected chi connectivity index (χ1v) is 5.94. The van der Waals surface area contributed by atoms with Gasteiger partial charge in [-0.15, -0.1) is 0 Å². The van der Waals surface area contributed by atoms with Crippen LogP contribution in [0.15, 0.2) is 18.2 Å². The fourth-order valence-corrected chi connectivity index (χ4v) is 1.40. The van der Waals surface area contributed by atoms with Crippen molar-refractivity contribution in [2.75, 3.05) is 32.5 Å². The lowest BCUT2D eigenvalue weighted by molar-refractivity contribution is -0.120. The molecule has 0 atom stereocenters. The molecule has 1 aromatic carbocycles. The quantitative estimate of drug-likeness (QED) is 0.501. The number of rotatable bonds is 6. The van der Waals surface area contributed by atoms with E-state index in [0.29, 0.717) is 24.4 Å². The number of anilines is 1. The van der Waals surface area contributed by atoms with Gasteiger partial charge >= 0.3 is 0 Å². The molecule has 0 fully saturated rings. The Hall–Kier alpha value is -2.08. The van der Waals surface area contributed by atoms with Crippen LogP contribution in [0.5, 0.6) is 0 Å². The molecule has 0 saturated heterocycles. The van der Waals surface area contributed by atoms with Crippen molar-refractivity contribution >= 4 is 17.5 Å². The van der Waals surface area contributed by atoms with Gasteiger partial charge in [-0.05, 0) is 24.6 Å². The lowest BCUT2D eigenvalue weighted by Crippen LogP contribution is -2.38. The second-order valence-electron chi connectivity index (χ2n) is 4.10. The predicted molar refractivity (Wildman–Crippen MR) is 72.8 cm³/mol. The van der Waals surface area contributed by atoms with Crippen molar-refractivity contribution in [3.05, 3.63) is 29.3 Å². The van der Waals surface area contributed by atoms with Crippen molar-refractivity contribution < 1.29 is 14.3 Å². The zero-order valence-electron chi connectivity index (χ0n) is 11.2. The average Bonchev–Trinajstić information content (AvgIpc) is 2.39. The second-order valence-corrected chi connectivity index (χ2v) is 4.10. The lowest BCUT2D eigenvalue weighted by Gasteiger charge is -2.07. The van der Waals surface area contributed by atoms with Gasteiger partial charge in [0, 0.05) is 24.9 Å². The standard InChI is InChI=1S/C13H19N3O3/c1-9-3-4-10(7-11(9)14)13(18)16-8-12(17)15-5-6-19-2/h3-4,7H,5-6,8,14H2,1-2H3,(H,15,17)(H,16,18). The highest BCUT2D eigenvalue weighted by molar-refractivity contribution is 5.97. The van der Waals surface area contributed by atoms with Gasteiger partial charge in [-0.1, -0.05) is 6.07 Å². The molecule has 4 N–H and O–H groups in total. The molecule has 1 aromatic rings. The molecular formula is C13H19N3O3. The van der Waals surface area contributed by atoms with Gasteiger partial charge < -0.3 is 21.1 Å². The Morgan fingerprint density at radius 1 is 1.32 bits per heavy atom. The van der Waals surface area contributed by atoms with Crippen molar-refractivity contribution in [1.82, 2.24) is 10.6 Å². The minimum Gasteiger partial charge on any atom is -0.398 e. The first-order chi connectivity index (χ1) is 9.04. The number of hydrogen-bond acceptors (Lipinski definition) is 4. The maximum atomic E-state index is 11.8. The molecular weight excluding hydrogens is 246 g/mol. The first-order valence-electron chi connectivity index (χ1n) is 5.94. The minimum atomic E-state index is -0.325. The molecule has 6 heteroatoms. The van der Waals surface area contributed by atoms with Gasteiger partial charge in [0.1, 0.15) is 0 Å². The summed E-state index contributed by atoms with van der Waals surface area (Å²) < 4.78 is 4.80. The molecule has 1 rings (SSSR count). The summed E-state index contributed by atoms with van der Waals surface area (Å²) in [7, 11) is 1.55. The number of hydrogen-bond donors (Lipinski definition) is 3. The van der Waals surface area contributed by atoms with Crippen LogP contribution in [0.1, 0.15) is 15.9 Å². The van der Waals surface area contributed by atoms with Crippen LogP contribution < -0.4 is 16.4 Å². The van der Waals surface area contributed by atoms with Crippen LogP contribution >= 0.6 is 0 Å². The highest BCUT2D eigenvalue weighted by atomic mass is 16.5. The maximum absolute atomic E-state index is 11.8. The molecule has 104 valence electrons. The van der Waals surface area contributed by atoms with E-state index in [2.05, 4.69) is 10.6 Å². The monoisotopic (exact) mass is 265 g/mol. The zero-order valence-corrected chi connectivity index (χ0v) is 11.2. The van der Waals surface area contributed by atoms with E-state index in [0.717, 1.165) is 5.56 Å². The molecule has 0 bridgehead atoms. The van der Waals surface area contributed by atoms with Crippen molar-refractivity contribution in [3.8, 4) is 0 Å². The van der Waals surface area contributed by atoms with Gasteiger partial charge in [-0.25, -0.2) is 0 Å². The number of carbonyl (C=O) groups is 2. The van der Waals surface area contributed by atoms with E-state index in [1.165, 1.54) is 0 Å². The summed E-state index contributed by atoms with van der Waals surface area (Å²) in [6.07, 6.45) is 0. The molecule has 0 aliphatic carbocycles.